The van der Waals surface area contributed by atoms with E-state index in [1.165, 1.54) is 0 Å². The molecule has 2 amide bonds. The van der Waals surface area contributed by atoms with Crippen LogP contribution < -0.4 is 0 Å². The summed E-state index contributed by atoms with van der Waals surface area (Å²) in [4.78, 5) is 35.6. The Hall–Kier alpha value is -2.03. The van der Waals surface area contributed by atoms with Crippen LogP contribution in [0.1, 0.15) is 33.7 Å². The standard InChI is InChI=1S/C19H26N4O4/c1-21-8-10-23(11-9-21)18(25)16-14-15(2-5-20-16)17(24)22-6-3-19(4-7-22)26-12-13-27-19/h2,5,14H,3-4,6-13H2,1H3. The van der Waals surface area contributed by atoms with E-state index in [1.54, 1.807) is 28.1 Å². The minimum absolute atomic E-state index is 0.0716. The minimum Gasteiger partial charge on any atom is -0.347 e. The predicted molar refractivity (Wildman–Crippen MR) is 97.4 cm³/mol. The van der Waals surface area contributed by atoms with E-state index >= 15 is 0 Å². The SMILES string of the molecule is CN1CCN(C(=O)c2cc(C(=O)N3CCC4(CC3)OCCO4)ccn2)CC1. The lowest BCUT2D eigenvalue weighted by molar-refractivity contribution is -0.181. The first-order chi connectivity index (χ1) is 13.1. The van der Waals surface area contributed by atoms with Crippen LogP contribution in [-0.4, -0.2) is 96.8 Å². The van der Waals surface area contributed by atoms with Gasteiger partial charge in [-0.2, -0.15) is 0 Å². The van der Waals surface area contributed by atoms with Gasteiger partial charge in [0.2, 0.25) is 0 Å². The van der Waals surface area contributed by atoms with Crippen molar-refractivity contribution in [1.29, 1.82) is 0 Å². The van der Waals surface area contributed by atoms with E-state index in [1.807, 2.05) is 7.05 Å². The lowest BCUT2D eigenvalue weighted by Crippen LogP contribution is -2.48. The van der Waals surface area contributed by atoms with Crippen molar-refractivity contribution in [3.63, 3.8) is 0 Å². The van der Waals surface area contributed by atoms with Gasteiger partial charge >= 0.3 is 0 Å². The van der Waals surface area contributed by atoms with Crippen molar-refractivity contribution >= 4 is 11.8 Å². The second-order valence-corrected chi connectivity index (χ2v) is 7.43. The number of piperidine rings is 1. The number of hydrogen-bond acceptors (Lipinski definition) is 6. The maximum absolute atomic E-state index is 12.9. The number of carbonyl (C=O) groups is 2. The molecular weight excluding hydrogens is 348 g/mol. The molecule has 0 aliphatic carbocycles. The Morgan fingerprint density at radius 2 is 1.59 bits per heavy atom. The summed E-state index contributed by atoms with van der Waals surface area (Å²) in [5, 5.41) is 0. The van der Waals surface area contributed by atoms with Crippen LogP contribution in [0.15, 0.2) is 18.3 Å². The monoisotopic (exact) mass is 374 g/mol. The van der Waals surface area contributed by atoms with Crippen molar-refractivity contribution in [1.82, 2.24) is 19.7 Å². The zero-order chi connectivity index (χ0) is 18.9. The number of rotatable bonds is 2. The Balaban J connectivity index is 1.41. The fraction of sp³-hybridized carbons (Fsp3) is 0.632. The Morgan fingerprint density at radius 3 is 2.26 bits per heavy atom. The van der Waals surface area contributed by atoms with Gasteiger partial charge in [-0.15, -0.1) is 0 Å². The molecule has 4 heterocycles. The number of carbonyl (C=O) groups excluding carboxylic acids is 2. The average molecular weight is 374 g/mol. The molecule has 3 aliphatic rings. The highest BCUT2D eigenvalue weighted by atomic mass is 16.7. The number of nitrogens with zero attached hydrogens (tertiary/aromatic N) is 4. The van der Waals surface area contributed by atoms with E-state index in [2.05, 4.69) is 9.88 Å². The molecule has 8 nitrogen and oxygen atoms in total. The molecule has 3 saturated heterocycles. The normalized spacial score (nSPS) is 23.0. The predicted octanol–water partition coefficient (Wildman–Crippen LogP) is 0.448. The van der Waals surface area contributed by atoms with Crippen molar-refractivity contribution in [2.75, 3.05) is 59.5 Å². The van der Waals surface area contributed by atoms with Gasteiger partial charge in [-0.1, -0.05) is 0 Å². The van der Waals surface area contributed by atoms with Crippen LogP contribution in [0.5, 0.6) is 0 Å². The molecule has 1 spiro atoms. The zero-order valence-electron chi connectivity index (χ0n) is 15.7. The van der Waals surface area contributed by atoms with Crippen LogP contribution in [-0.2, 0) is 9.47 Å². The van der Waals surface area contributed by atoms with Gasteiger partial charge in [-0.05, 0) is 19.2 Å². The number of ether oxygens (including phenoxy) is 2. The summed E-state index contributed by atoms with van der Waals surface area (Å²) in [6.45, 7) is 5.48. The number of amides is 2. The molecule has 0 atom stereocenters. The van der Waals surface area contributed by atoms with E-state index < -0.39 is 5.79 Å². The van der Waals surface area contributed by atoms with E-state index in [-0.39, 0.29) is 11.8 Å². The third-order valence-electron chi connectivity index (χ3n) is 5.64. The molecule has 0 unspecified atom stereocenters. The Morgan fingerprint density at radius 1 is 0.963 bits per heavy atom. The highest BCUT2D eigenvalue weighted by Gasteiger charge is 2.41. The van der Waals surface area contributed by atoms with Crippen molar-refractivity contribution in [2.24, 2.45) is 0 Å². The summed E-state index contributed by atoms with van der Waals surface area (Å²) in [7, 11) is 2.05. The number of pyridine rings is 1. The fourth-order valence-electron chi connectivity index (χ4n) is 3.87. The number of likely N-dealkylation sites (N-methyl/N-ethyl adjacent to an activating group) is 1. The van der Waals surface area contributed by atoms with E-state index in [4.69, 9.17) is 9.47 Å². The van der Waals surface area contributed by atoms with Gasteiger partial charge in [0.05, 0.1) is 13.2 Å². The van der Waals surface area contributed by atoms with E-state index in [0.29, 0.717) is 63.5 Å². The number of likely N-dealkylation sites (tertiary alicyclic amines) is 1. The van der Waals surface area contributed by atoms with Gasteiger partial charge < -0.3 is 24.2 Å². The third-order valence-corrected chi connectivity index (χ3v) is 5.64. The average Bonchev–Trinajstić information content (AvgIpc) is 3.16. The van der Waals surface area contributed by atoms with Crippen LogP contribution in [0, 0.1) is 0 Å². The van der Waals surface area contributed by atoms with Gasteiger partial charge in [-0.3, -0.25) is 14.6 Å². The molecule has 3 aliphatic heterocycles. The van der Waals surface area contributed by atoms with Gasteiger partial charge in [-0.25, -0.2) is 0 Å². The number of aromatic nitrogens is 1. The highest BCUT2D eigenvalue weighted by molar-refractivity contribution is 5.98. The maximum Gasteiger partial charge on any atom is 0.272 e. The molecule has 8 heteroatoms. The summed E-state index contributed by atoms with van der Waals surface area (Å²) >= 11 is 0. The first kappa shape index (κ1) is 18.3. The maximum atomic E-state index is 12.9. The van der Waals surface area contributed by atoms with Crippen LogP contribution in [0.2, 0.25) is 0 Å². The Kier molecular flexibility index (Phi) is 5.12. The van der Waals surface area contributed by atoms with Crippen molar-refractivity contribution in [3.8, 4) is 0 Å². The molecular formula is C19H26N4O4. The highest BCUT2D eigenvalue weighted by Crippen LogP contribution is 2.31. The molecule has 0 N–H and O–H groups in total. The molecule has 0 bridgehead atoms. The molecule has 27 heavy (non-hydrogen) atoms. The molecule has 1 aromatic rings. The fourth-order valence-corrected chi connectivity index (χ4v) is 3.87. The quantitative estimate of drug-likeness (QED) is 0.748. The molecule has 0 aromatic carbocycles. The summed E-state index contributed by atoms with van der Waals surface area (Å²) in [5.41, 5.74) is 0.841. The van der Waals surface area contributed by atoms with E-state index in [9.17, 15) is 9.59 Å². The van der Waals surface area contributed by atoms with Crippen LogP contribution in [0.3, 0.4) is 0 Å². The number of piperazine rings is 1. The molecule has 1 aromatic heterocycles. The summed E-state index contributed by atoms with van der Waals surface area (Å²) in [5.74, 6) is -0.682. The van der Waals surface area contributed by atoms with Crippen molar-refractivity contribution in [3.05, 3.63) is 29.6 Å². The van der Waals surface area contributed by atoms with Gasteiger partial charge in [0, 0.05) is 63.9 Å². The smallest absolute Gasteiger partial charge is 0.272 e. The van der Waals surface area contributed by atoms with Gasteiger partial charge in [0.25, 0.3) is 11.8 Å². The molecule has 0 radical (unpaired) electrons. The van der Waals surface area contributed by atoms with Crippen LogP contribution in [0.4, 0.5) is 0 Å². The van der Waals surface area contributed by atoms with E-state index in [0.717, 1.165) is 13.1 Å². The second kappa shape index (κ2) is 7.53. The Bertz CT molecular complexity index is 701. The Labute approximate surface area is 159 Å². The molecule has 146 valence electrons. The van der Waals surface area contributed by atoms with Gasteiger partial charge in [0.1, 0.15) is 5.69 Å². The lowest BCUT2D eigenvalue weighted by atomic mass is 10.0. The number of hydrogen-bond donors (Lipinski definition) is 0. The summed E-state index contributed by atoms with van der Waals surface area (Å²) < 4.78 is 11.4. The topological polar surface area (TPSA) is 75.2 Å². The summed E-state index contributed by atoms with van der Waals surface area (Å²) in [6.07, 6.45) is 2.90. The molecule has 0 saturated carbocycles. The largest absolute Gasteiger partial charge is 0.347 e. The summed E-state index contributed by atoms with van der Waals surface area (Å²) in [6, 6.07) is 3.30. The zero-order valence-corrected chi connectivity index (χ0v) is 15.7. The second-order valence-electron chi connectivity index (χ2n) is 7.43. The van der Waals surface area contributed by atoms with Crippen molar-refractivity contribution < 1.29 is 19.1 Å². The van der Waals surface area contributed by atoms with Gasteiger partial charge in [0.15, 0.2) is 5.79 Å². The first-order valence-corrected chi connectivity index (χ1v) is 9.57. The minimum atomic E-state index is -0.502. The first-order valence-electron chi connectivity index (χ1n) is 9.57. The van der Waals surface area contributed by atoms with Crippen molar-refractivity contribution in [2.45, 2.75) is 18.6 Å². The molecule has 3 fully saturated rings. The lowest BCUT2D eigenvalue weighted by Gasteiger charge is -2.37. The molecule has 4 rings (SSSR count). The van der Waals surface area contributed by atoms with Crippen LogP contribution >= 0.6 is 0 Å². The third kappa shape index (κ3) is 3.83. The van der Waals surface area contributed by atoms with Crippen LogP contribution in [0.25, 0.3) is 0 Å².